The van der Waals surface area contributed by atoms with E-state index in [0.29, 0.717) is 11.1 Å². The molecule has 0 spiro atoms. The molecule has 0 radical (unpaired) electrons. The predicted octanol–water partition coefficient (Wildman–Crippen LogP) is 2.42. The van der Waals surface area contributed by atoms with E-state index < -0.39 is 0 Å². The Bertz CT molecular complexity index is 380. The molecule has 0 atom stereocenters. The van der Waals surface area contributed by atoms with Gasteiger partial charge in [0, 0.05) is 18.5 Å². The first-order valence-electron chi connectivity index (χ1n) is 5.64. The van der Waals surface area contributed by atoms with Gasteiger partial charge in [-0.15, -0.1) is 10.2 Å². The van der Waals surface area contributed by atoms with Gasteiger partial charge in [-0.05, 0) is 12.8 Å². The molecule has 1 aliphatic rings. The number of rotatable bonds is 1. The minimum absolute atomic E-state index is 0.110. The highest BCUT2D eigenvalue weighted by Gasteiger charge is 2.23. The zero-order valence-electron chi connectivity index (χ0n) is 10.00. The molecule has 16 heavy (non-hydrogen) atoms. The van der Waals surface area contributed by atoms with Crippen molar-refractivity contribution in [1.82, 2.24) is 15.2 Å². The topological polar surface area (TPSA) is 41.9 Å². The zero-order valence-corrected chi connectivity index (χ0v) is 10.8. The van der Waals surface area contributed by atoms with Gasteiger partial charge in [-0.2, -0.15) is 4.98 Å². The molecule has 2 heterocycles. The maximum Gasteiger partial charge on any atom is 0.246 e. The SMILES string of the molecule is CC(C)(C)c1nnc(N2CCCC2)nc1Cl. The second kappa shape index (κ2) is 4.17. The first-order chi connectivity index (χ1) is 7.48. The van der Waals surface area contributed by atoms with Gasteiger partial charge in [-0.25, -0.2) is 0 Å². The van der Waals surface area contributed by atoms with Crippen LogP contribution < -0.4 is 4.90 Å². The first-order valence-corrected chi connectivity index (χ1v) is 6.02. The van der Waals surface area contributed by atoms with Crippen LogP contribution in [0.3, 0.4) is 0 Å². The summed E-state index contributed by atoms with van der Waals surface area (Å²) in [5.41, 5.74) is 0.651. The molecule has 0 amide bonds. The summed E-state index contributed by atoms with van der Waals surface area (Å²) in [5, 5.41) is 8.85. The molecule has 0 N–H and O–H groups in total. The molecule has 0 saturated carbocycles. The molecular formula is C11H17ClN4. The van der Waals surface area contributed by atoms with E-state index in [1.165, 1.54) is 12.8 Å². The van der Waals surface area contributed by atoms with Gasteiger partial charge in [0.1, 0.15) is 5.69 Å². The van der Waals surface area contributed by atoms with Crippen LogP contribution >= 0.6 is 11.6 Å². The van der Waals surface area contributed by atoms with Gasteiger partial charge in [-0.1, -0.05) is 32.4 Å². The van der Waals surface area contributed by atoms with Crippen molar-refractivity contribution in [1.29, 1.82) is 0 Å². The van der Waals surface area contributed by atoms with Gasteiger partial charge in [0.15, 0.2) is 5.15 Å². The fourth-order valence-corrected chi connectivity index (χ4v) is 2.21. The molecule has 0 aromatic carbocycles. The highest BCUT2D eigenvalue weighted by Crippen LogP contribution is 2.27. The van der Waals surface area contributed by atoms with Crippen LogP contribution in [0.1, 0.15) is 39.3 Å². The van der Waals surface area contributed by atoms with Crippen molar-refractivity contribution < 1.29 is 0 Å². The minimum atomic E-state index is -0.110. The number of hydrogen-bond acceptors (Lipinski definition) is 4. The summed E-state index contributed by atoms with van der Waals surface area (Å²) in [6.45, 7) is 8.18. The van der Waals surface area contributed by atoms with Crippen molar-refractivity contribution in [3.05, 3.63) is 10.8 Å². The third-order valence-electron chi connectivity index (χ3n) is 2.73. The largest absolute Gasteiger partial charge is 0.339 e. The standard InChI is InChI=1S/C11H17ClN4/c1-11(2,3)8-9(12)13-10(15-14-8)16-6-4-5-7-16/h4-7H2,1-3H3. The molecule has 5 heteroatoms. The highest BCUT2D eigenvalue weighted by molar-refractivity contribution is 6.30. The molecule has 1 fully saturated rings. The average Bonchev–Trinajstić information content (AvgIpc) is 2.68. The second-order valence-electron chi connectivity index (χ2n) is 5.20. The summed E-state index contributed by atoms with van der Waals surface area (Å²) in [6.07, 6.45) is 2.39. The van der Waals surface area contributed by atoms with Crippen LogP contribution in [0.25, 0.3) is 0 Å². The lowest BCUT2D eigenvalue weighted by Gasteiger charge is -2.20. The normalized spacial score (nSPS) is 16.9. The van der Waals surface area contributed by atoms with Crippen molar-refractivity contribution in [3.63, 3.8) is 0 Å². The summed E-state index contributed by atoms with van der Waals surface area (Å²) in [6, 6.07) is 0. The molecule has 0 aliphatic carbocycles. The molecular weight excluding hydrogens is 224 g/mol. The van der Waals surface area contributed by atoms with Gasteiger partial charge in [-0.3, -0.25) is 0 Å². The van der Waals surface area contributed by atoms with E-state index in [1.54, 1.807) is 0 Å². The van der Waals surface area contributed by atoms with Crippen LogP contribution in [-0.4, -0.2) is 28.3 Å². The molecule has 1 aromatic rings. The Labute approximate surface area is 101 Å². The lowest BCUT2D eigenvalue weighted by molar-refractivity contribution is 0.553. The number of nitrogens with zero attached hydrogens (tertiary/aromatic N) is 4. The van der Waals surface area contributed by atoms with E-state index in [1.807, 2.05) is 0 Å². The van der Waals surface area contributed by atoms with Crippen molar-refractivity contribution in [2.75, 3.05) is 18.0 Å². The van der Waals surface area contributed by atoms with E-state index in [4.69, 9.17) is 11.6 Å². The third kappa shape index (κ3) is 2.26. The Kier molecular flexibility index (Phi) is 3.02. The van der Waals surface area contributed by atoms with Crippen molar-refractivity contribution in [2.45, 2.75) is 39.0 Å². The van der Waals surface area contributed by atoms with Gasteiger partial charge >= 0.3 is 0 Å². The van der Waals surface area contributed by atoms with Gasteiger partial charge in [0.05, 0.1) is 0 Å². The van der Waals surface area contributed by atoms with E-state index in [9.17, 15) is 0 Å². The first kappa shape index (κ1) is 11.6. The smallest absolute Gasteiger partial charge is 0.246 e. The lowest BCUT2D eigenvalue weighted by atomic mass is 9.93. The quantitative estimate of drug-likeness (QED) is 0.756. The van der Waals surface area contributed by atoms with E-state index in [-0.39, 0.29) is 5.41 Å². The molecule has 2 rings (SSSR count). The molecule has 4 nitrogen and oxygen atoms in total. The molecule has 1 aliphatic heterocycles. The summed E-state index contributed by atoms with van der Waals surface area (Å²) >= 11 is 6.15. The number of halogens is 1. The van der Waals surface area contributed by atoms with E-state index >= 15 is 0 Å². The van der Waals surface area contributed by atoms with E-state index in [2.05, 4.69) is 40.9 Å². The van der Waals surface area contributed by atoms with Crippen LogP contribution in [0.4, 0.5) is 5.95 Å². The van der Waals surface area contributed by atoms with Gasteiger partial charge in [0.2, 0.25) is 5.95 Å². The Hall–Kier alpha value is -0.900. The molecule has 0 unspecified atom stereocenters. The van der Waals surface area contributed by atoms with Crippen LogP contribution in [0.15, 0.2) is 0 Å². The number of hydrogen-bond donors (Lipinski definition) is 0. The summed E-state index contributed by atoms with van der Waals surface area (Å²) in [7, 11) is 0. The Balaban J connectivity index is 2.29. The maximum absolute atomic E-state index is 6.15. The third-order valence-corrected chi connectivity index (χ3v) is 3.00. The van der Waals surface area contributed by atoms with Gasteiger partial charge < -0.3 is 4.90 Å². The zero-order chi connectivity index (χ0) is 11.8. The summed E-state index contributed by atoms with van der Waals surface area (Å²) in [5.74, 6) is 0.663. The van der Waals surface area contributed by atoms with Crippen molar-refractivity contribution in [2.24, 2.45) is 0 Å². The lowest BCUT2D eigenvalue weighted by Crippen LogP contribution is -2.23. The van der Waals surface area contributed by atoms with Crippen LogP contribution in [-0.2, 0) is 5.41 Å². The van der Waals surface area contributed by atoms with Gasteiger partial charge in [0.25, 0.3) is 0 Å². The minimum Gasteiger partial charge on any atom is -0.339 e. The maximum atomic E-state index is 6.15. The van der Waals surface area contributed by atoms with E-state index in [0.717, 1.165) is 18.8 Å². The summed E-state index contributed by atoms with van der Waals surface area (Å²) < 4.78 is 0. The fourth-order valence-electron chi connectivity index (χ4n) is 1.81. The monoisotopic (exact) mass is 240 g/mol. The van der Waals surface area contributed by atoms with Crippen LogP contribution in [0.5, 0.6) is 0 Å². The highest BCUT2D eigenvalue weighted by atomic mass is 35.5. The average molecular weight is 241 g/mol. The Morgan fingerprint density at radius 3 is 2.25 bits per heavy atom. The second-order valence-corrected chi connectivity index (χ2v) is 5.55. The number of aromatic nitrogens is 3. The van der Waals surface area contributed by atoms with Crippen LogP contribution in [0.2, 0.25) is 5.15 Å². The Morgan fingerprint density at radius 2 is 1.75 bits per heavy atom. The van der Waals surface area contributed by atoms with Crippen molar-refractivity contribution in [3.8, 4) is 0 Å². The van der Waals surface area contributed by atoms with Crippen LogP contribution in [0, 0.1) is 0 Å². The Morgan fingerprint density at radius 1 is 1.12 bits per heavy atom. The van der Waals surface area contributed by atoms with Crippen molar-refractivity contribution >= 4 is 17.5 Å². The summed E-state index contributed by atoms with van der Waals surface area (Å²) in [4.78, 5) is 6.47. The molecule has 1 aromatic heterocycles. The molecule has 88 valence electrons. The number of anilines is 1. The molecule has 0 bridgehead atoms. The predicted molar refractivity (Wildman–Crippen MR) is 65.0 cm³/mol. The molecule has 1 saturated heterocycles. The fraction of sp³-hybridized carbons (Fsp3) is 0.727.